The number of carbonyl (C=O) groups is 1. The summed E-state index contributed by atoms with van der Waals surface area (Å²) in [6.45, 7) is 4.16. The van der Waals surface area contributed by atoms with Gasteiger partial charge in [0.1, 0.15) is 29.3 Å². The van der Waals surface area contributed by atoms with Crippen molar-refractivity contribution in [2.75, 3.05) is 19.8 Å². The topological polar surface area (TPSA) is 111 Å². The van der Waals surface area contributed by atoms with Gasteiger partial charge < -0.3 is 15.8 Å². The average molecular weight is 528 g/mol. The summed E-state index contributed by atoms with van der Waals surface area (Å²) in [7, 11) is 3.91. The van der Waals surface area contributed by atoms with Crippen LogP contribution in [0.1, 0.15) is 45.6 Å². The molecular weight excluding hydrogens is 490 g/mol. The molecule has 2 aromatic heterocycles. The molecule has 4 aromatic rings. The highest BCUT2D eigenvalue weighted by atomic mass is 16.5. The summed E-state index contributed by atoms with van der Waals surface area (Å²) in [6.07, 6.45) is 5.05. The normalized spacial score (nSPS) is 18.4. The number of fused-ring (bicyclic) bond motifs is 1. The van der Waals surface area contributed by atoms with Gasteiger partial charge in [-0.05, 0) is 82.1 Å². The number of amides is 1. The summed E-state index contributed by atoms with van der Waals surface area (Å²) in [5.74, 6) is 2.29. The summed E-state index contributed by atoms with van der Waals surface area (Å²) < 4.78 is 7.96. The van der Waals surface area contributed by atoms with Crippen molar-refractivity contribution in [2.45, 2.75) is 57.7 Å². The maximum Gasteiger partial charge on any atom is 0.237 e. The number of ether oxygens (including phenoxy) is 1. The van der Waals surface area contributed by atoms with E-state index in [4.69, 9.17) is 15.6 Å². The van der Waals surface area contributed by atoms with E-state index in [1.807, 2.05) is 78.3 Å². The predicted octanol–water partition coefficient (Wildman–Crippen LogP) is 5.05. The molecular formula is C30H37N7O2. The standard InChI is InChI=1S/C30H37N7O2/c1-19(2)27(36(3)4)30(38)34-21-12-14-22(15-13-21)37-29-25(28(31)32-18-33-29)26(35-37)20-10-16-24(17-11-20)39-23-8-6-5-7-9-23/h5-11,16-19,21-22,27H,12-15H2,1-4H3,(H,34,38)(H2,31,32,33)/t21?,22?,27-/m1/s1. The van der Waals surface area contributed by atoms with E-state index < -0.39 is 0 Å². The first kappa shape index (κ1) is 26.6. The van der Waals surface area contributed by atoms with Crippen LogP contribution in [-0.2, 0) is 4.79 Å². The molecule has 2 heterocycles. The summed E-state index contributed by atoms with van der Waals surface area (Å²) >= 11 is 0. The van der Waals surface area contributed by atoms with Gasteiger partial charge in [-0.3, -0.25) is 9.69 Å². The number of likely N-dealkylation sites (N-methyl/N-ethyl adjacent to an activating group) is 1. The van der Waals surface area contributed by atoms with Gasteiger partial charge in [-0.25, -0.2) is 14.6 Å². The van der Waals surface area contributed by atoms with Crippen LogP contribution < -0.4 is 15.8 Å². The van der Waals surface area contributed by atoms with Gasteiger partial charge in [-0.1, -0.05) is 32.0 Å². The van der Waals surface area contributed by atoms with Crippen LogP contribution in [0.25, 0.3) is 22.3 Å². The van der Waals surface area contributed by atoms with Gasteiger partial charge in [0, 0.05) is 11.6 Å². The van der Waals surface area contributed by atoms with E-state index >= 15 is 0 Å². The Labute approximate surface area is 229 Å². The van der Waals surface area contributed by atoms with Crippen molar-refractivity contribution in [3.05, 3.63) is 60.9 Å². The van der Waals surface area contributed by atoms with Crippen molar-refractivity contribution in [1.29, 1.82) is 0 Å². The predicted molar refractivity (Wildman–Crippen MR) is 153 cm³/mol. The highest BCUT2D eigenvalue weighted by Crippen LogP contribution is 2.36. The van der Waals surface area contributed by atoms with Gasteiger partial charge in [-0.15, -0.1) is 0 Å². The molecule has 3 N–H and O–H groups in total. The Bertz CT molecular complexity index is 1400. The fourth-order valence-electron chi connectivity index (χ4n) is 5.64. The van der Waals surface area contributed by atoms with E-state index in [0.717, 1.165) is 59.5 Å². The molecule has 1 atom stereocenters. The lowest BCUT2D eigenvalue weighted by molar-refractivity contribution is -0.128. The number of anilines is 1. The van der Waals surface area contributed by atoms with Crippen molar-refractivity contribution >= 4 is 22.8 Å². The molecule has 0 spiro atoms. The molecule has 1 fully saturated rings. The zero-order valence-electron chi connectivity index (χ0n) is 23.0. The van der Waals surface area contributed by atoms with E-state index in [9.17, 15) is 4.79 Å². The van der Waals surface area contributed by atoms with Gasteiger partial charge in [-0.2, -0.15) is 5.10 Å². The number of hydrogen-bond donors (Lipinski definition) is 2. The summed E-state index contributed by atoms with van der Waals surface area (Å²) in [5.41, 5.74) is 8.76. The number of hydrogen-bond acceptors (Lipinski definition) is 7. The first-order valence-corrected chi connectivity index (χ1v) is 13.6. The molecule has 39 heavy (non-hydrogen) atoms. The molecule has 5 rings (SSSR count). The van der Waals surface area contributed by atoms with Crippen LogP contribution in [0.5, 0.6) is 11.5 Å². The number of para-hydroxylation sites is 1. The lowest BCUT2D eigenvalue weighted by Gasteiger charge is -2.33. The Balaban J connectivity index is 1.34. The summed E-state index contributed by atoms with van der Waals surface area (Å²) in [4.78, 5) is 23.8. The third-order valence-electron chi connectivity index (χ3n) is 7.47. The number of carbonyl (C=O) groups excluding carboxylic acids is 1. The van der Waals surface area contributed by atoms with Crippen LogP contribution in [0.3, 0.4) is 0 Å². The Hall–Kier alpha value is -3.98. The second-order valence-electron chi connectivity index (χ2n) is 10.9. The zero-order chi connectivity index (χ0) is 27.5. The molecule has 9 nitrogen and oxygen atoms in total. The lowest BCUT2D eigenvalue weighted by atomic mass is 9.90. The number of benzene rings is 2. The fraction of sp³-hybridized carbons (Fsp3) is 0.400. The van der Waals surface area contributed by atoms with Crippen LogP contribution in [0, 0.1) is 5.92 Å². The Morgan fingerprint density at radius 3 is 2.31 bits per heavy atom. The fourth-order valence-corrected chi connectivity index (χ4v) is 5.64. The molecule has 0 radical (unpaired) electrons. The zero-order valence-corrected chi connectivity index (χ0v) is 23.0. The molecule has 204 valence electrons. The van der Waals surface area contributed by atoms with Crippen LogP contribution in [-0.4, -0.2) is 56.7 Å². The van der Waals surface area contributed by atoms with Gasteiger partial charge in [0.25, 0.3) is 0 Å². The molecule has 9 heteroatoms. The van der Waals surface area contributed by atoms with E-state index in [2.05, 4.69) is 29.1 Å². The highest BCUT2D eigenvalue weighted by Gasteiger charge is 2.30. The maximum absolute atomic E-state index is 12.9. The summed E-state index contributed by atoms with van der Waals surface area (Å²) in [6, 6.07) is 17.7. The molecule has 1 saturated carbocycles. The van der Waals surface area contributed by atoms with Crippen molar-refractivity contribution < 1.29 is 9.53 Å². The Morgan fingerprint density at radius 1 is 1.00 bits per heavy atom. The largest absolute Gasteiger partial charge is 0.457 e. The minimum Gasteiger partial charge on any atom is -0.457 e. The highest BCUT2D eigenvalue weighted by molar-refractivity contribution is 5.98. The third-order valence-corrected chi connectivity index (χ3v) is 7.47. The van der Waals surface area contributed by atoms with Gasteiger partial charge in [0.05, 0.1) is 17.5 Å². The lowest BCUT2D eigenvalue weighted by Crippen LogP contribution is -2.50. The first-order valence-electron chi connectivity index (χ1n) is 13.6. The van der Waals surface area contributed by atoms with Gasteiger partial charge in [0.15, 0.2) is 5.65 Å². The van der Waals surface area contributed by atoms with E-state index in [0.29, 0.717) is 5.82 Å². The number of rotatable bonds is 8. The summed E-state index contributed by atoms with van der Waals surface area (Å²) in [5, 5.41) is 9.06. The Morgan fingerprint density at radius 2 is 1.67 bits per heavy atom. The van der Waals surface area contributed by atoms with Crippen LogP contribution >= 0.6 is 0 Å². The number of nitrogens with zero attached hydrogens (tertiary/aromatic N) is 5. The minimum absolute atomic E-state index is 0.102. The van der Waals surface area contributed by atoms with E-state index in [1.165, 1.54) is 6.33 Å². The number of nitrogens with one attached hydrogen (secondary N) is 1. The monoisotopic (exact) mass is 527 g/mol. The van der Waals surface area contributed by atoms with Gasteiger partial charge >= 0.3 is 0 Å². The quantitative estimate of drug-likeness (QED) is 0.330. The molecule has 0 bridgehead atoms. The molecule has 0 saturated heterocycles. The average Bonchev–Trinajstić information content (AvgIpc) is 3.31. The molecule has 0 unspecified atom stereocenters. The molecule has 1 aliphatic rings. The maximum atomic E-state index is 12.9. The number of nitrogens with two attached hydrogens (primary N) is 1. The SMILES string of the molecule is CC(C)[C@H](C(=O)NC1CCC(n2nc(-c3ccc(Oc4ccccc4)cc3)c3c(N)ncnc32)CC1)N(C)C. The number of aromatic nitrogens is 4. The van der Waals surface area contributed by atoms with Crippen LogP contribution in [0.4, 0.5) is 5.82 Å². The number of nitrogen functional groups attached to an aromatic ring is 1. The van der Waals surface area contributed by atoms with Crippen molar-refractivity contribution in [3.63, 3.8) is 0 Å². The third kappa shape index (κ3) is 5.73. The van der Waals surface area contributed by atoms with Crippen molar-refractivity contribution in [2.24, 2.45) is 5.92 Å². The van der Waals surface area contributed by atoms with Crippen LogP contribution in [0.15, 0.2) is 60.9 Å². The van der Waals surface area contributed by atoms with Gasteiger partial charge in [0.2, 0.25) is 5.91 Å². The second kappa shape index (κ2) is 11.4. The molecule has 1 amide bonds. The molecule has 2 aromatic carbocycles. The van der Waals surface area contributed by atoms with Crippen molar-refractivity contribution in [1.82, 2.24) is 30.0 Å². The Kier molecular flexibility index (Phi) is 7.79. The minimum atomic E-state index is -0.135. The van der Waals surface area contributed by atoms with E-state index in [1.54, 1.807) is 0 Å². The van der Waals surface area contributed by atoms with Crippen LogP contribution in [0.2, 0.25) is 0 Å². The molecule has 1 aliphatic carbocycles. The van der Waals surface area contributed by atoms with E-state index in [-0.39, 0.29) is 30.0 Å². The second-order valence-corrected chi connectivity index (χ2v) is 10.9. The van der Waals surface area contributed by atoms with Crippen molar-refractivity contribution in [3.8, 4) is 22.8 Å². The smallest absolute Gasteiger partial charge is 0.237 e. The first-order chi connectivity index (χ1) is 18.8. The molecule has 0 aliphatic heterocycles.